The first-order valence-corrected chi connectivity index (χ1v) is 5.66. The summed E-state index contributed by atoms with van der Waals surface area (Å²) in [6.07, 6.45) is 1.31. The smallest absolute Gasteiger partial charge is 0.329 e. The number of aliphatic hydroxyl groups is 1. The molecule has 0 aliphatic carbocycles. The first-order chi connectivity index (χ1) is 8.52. The van der Waals surface area contributed by atoms with Crippen molar-refractivity contribution < 1.29 is 24.6 Å². The highest BCUT2D eigenvalue weighted by Crippen LogP contribution is 2.11. The van der Waals surface area contributed by atoms with E-state index in [0.29, 0.717) is 17.9 Å². The first-order valence-electron chi connectivity index (χ1n) is 5.66. The van der Waals surface area contributed by atoms with Crippen LogP contribution in [0.1, 0.15) is 12.8 Å². The van der Waals surface area contributed by atoms with Crippen molar-refractivity contribution in [2.75, 3.05) is 19.7 Å². The number of carbonyl (C=O) groups is 3. The Hall–Kier alpha value is -1.51. The first kappa shape index (κ1) is 14.6. The zero-order valence-corrected chi connectivity index (χ0v) is 9.83. The van der Waals surface area contributed by atoms with E-state index >= 15 is 0 Å². The van der Waals surface area contributed by atoms with Crippen molar-refractivity contribution in [3.8, 4) is 0 Å². The lowest BCUT2D eigenvalue weighted by Crippen LogP contribution is -2.56. The number of aliphatic carboxylic acids is 1. The second-order valence-electron chi connectivity index (χ2n) is 3.99. The molecule has 1 fully saturated rings. The predicted octanol–water partition coefficient (Wildman–Crippen LogP) is -2.50. The van der Waals surface area contributed by atoms with Crippen LogP contribution in [-0.4, -0.2) is 64.7 Å². The summed E-state index contributed by atoms with van der Waals surface area (Å²) >= 11 is 0. The van der Waals surface area contributed by atoms with Crippen molar-refractivity contribution in [2.24, 2.45) is 5.73 Å². The number of carboxylic acid groups (broad SMARTS) is 1. The highest BCUT2D eigenvalue weighted by Gasteiger charge is 2.37. The molecule has 8 nitrogen and oxygen atoms in total. The standard InChI is InChI=1S/C10H17N3O5/c11-4-8(15)13(7(5-14)10(17)18)9(16)6-2-1-3-12-6/h6-7,12,14H,1-5,11H2,(H,17,18). The molecule has 2 unspecified atom stereocenters. The third-order valence-electron chi connectivity index (χ3n) is 2.81. The van der Waals surface area contributed by atoms with Crippen LogP contribution in [0.5, 0.6) is 0 Å². The van der Waals surface area contributed by atoms with Gasteiger partial charge in [0.25, 0.3) is 0 Å². The van der Waals surface area contributed by atoms with E-state index in [2.05, 4.69) is 5.32 Å². The predicted molar refractivity (Wildman–Crippen MR) is 60.4 cm³/mol. The van der Waals surface area contributed by atoms with Crippen LogP contribution in [0.3, 0.4) is 0 Å². The molecule has 0 spiro atoms. The quantitative estimate of drug-likeness (QED) is 0.429. The van der Waals surface area contributed by atoms with Crippen molar-refractivity contribution in [1.82, 2.24) is 10.2 Å². The van der Waals surface area contributed by atoms with Crippen LogP contribution in [0.2, 0.25) is 0 Å². The lowest BCUT2D eigenvalue weighted by Gasteiger charge is -2.27. The van der Waals surface area contributed by atoms with Gasteiger partial charge in [-0.05, 0) is 19.4 Å². The number of rotatable bonds is 5. The minimum atomic E-state index is -1.59. The molecule has 0 aromatic heterocycles. The van der Waals surface area contributed by atoms with Gasteiger partial charge in [-0.1, -0.05) is 0 Å². The Bertz CT molecular complexity index is 340. The van der Waals surface area contributed by atoms with E-state index in [0.717, 1.165) is 6.42 Å². The third-order valence-corrected chi connectivity index (χ3v) is 2.81. The number of nitrogens with zero attached hydrogens (tertiary/aromatic N) is 1. The lowest BCUT2D eigenvalue weighted by molar-refractivity contribution is -0.160. The van der Waals surface area contributed by atoms with Crippen LogP contribution >= 0.6 is 0 Å². The summed E-state index contributed by atoms with van der Waals surface area (Å²) in [5, 5.41) is 20.8. The van der Waals surface area contributed by atoms with Crippen LogP contribution in [0.4, 0.5) is 0 Å². The summed E-state index contributed by atoms with van der Waals surface area (Å²) in [6.45, 7) is -0.681. The fourth-order valence-corrected chi connectivity index (χ4v) is 1.88. The molecule has 0 saturated carbocycles. The summed E-state index contributed by atoms with van der Waals surface area (Å²) in [5.74, 6) is -2.90. The van der Waals surface area contributed by atoms with Gasteiger partial charge in [-0.15, -0.1) is 0 Å². The van der Waals surface area contributed by atoms with E-state index in [4.69, 9.17) is 15.9 Å². The van der Waals surface area contributed by atoms with E-state index in [1.165, 1.54) is 0 Å². The maximum absolute atomic E-state index is 12.1. The topological polar surface area (TPSA) is 133 Å². The maximum atomic E-state index is 12.1. The molecule has 1 rings (SSSR count). The number of nitrogens with two attached hydrogens (primary N) is 1. The Balaban J connectivity index is 2.92. The van der Waals surface area contributed by atoms with Gasteiger partial charge in [0.2, 0.25) is 11.8 Å². The average Bonchev–Trinajstić information content (AvgIpc) is 2.87. The molecule has 2 amide bonds. The zero-order valence-electron chi connectivity index (χ0n) is 9.83. The normalized spacial score (nSPS) is 20.4. The largest absolute Gasteiger partial charge is 0.480 e. The highest BCUT2D eigenvalue weighted by atomic mass is 16.4. The molecule has 0 bridgehead atoms. The molecule has 18 heavy (non-hydrogen) atoms. The van der Waals surface area contributed by atoms with Crippen molar-refractivity contribution in [3.63, 3.8) is 0 Å². The summed E-state index contributed by atoms with van der Waals surface area (Å²) in [5.41, 5.74) is 5.16. The molecular formula is C10H17N3O5. The number of aliphatic hydroxyl groups excluding tert-OH is 1. The van der Waals surface area contributed by atoms with Gasteiger partial charge in [0.15, 0.2) is 6.04 Å². The Morgan fingerprint density at radius 3 is 2.50 bits per heavy atom. The van der Waals surface area contributed by atoms with E-state index in [9.17, 15) is 14.4 Å². The SMILES string of the molecule is NCC(=O)N(C(=O)C1CCCN1)C(CO)C(=O)O. The molecule has 0 aromatic carbocycles. The van der Waals surface area contributed by atoms with E-state index in [1.54, 1.807) is 0 Å². The molecule has 1 saturated heterocycles. The summed E-state index contributed by atoms with van der Waals surface area (Å²) in [4.78, 5) is 35.1. The maximum Gasteiger partial charge on any atom is 0.329 e. The van der Waals surface area contributed by atoms with Crippen LogP contribution in [0.25, 0.3) is 0 Å². The van der Waals surface area contributed by atoms with E-state index < -0.39 is 43.0 Å². The van der Waals surface area contributed by atoms with Gasteiger partial charge in [-0.25, -0.2) is 4.79 Å². The van der Waals surface area contributed by atoms with E-state index in [-0.39, 0.29) is 0 Å². The fraction of sp³-hybridized carbons (Fsp3) is 0.700. The number of hydrogen-bond donors (Lipinski definition) is 4. The van der Waals surface area contributed by atoms with Gasteiger partial charge in [0, 0.05) is 0 Å². The molecule has 1 aliphatic rings. The van der Waals surface area contributed by atoms with Gasteiger partial charge in [0.1, 0.15) is 0 Å². The molecule has 5 N–H and O–H groups in total. The van der Waals surface area contributed by atoms with Crippen molar-refractivity contribution in [2.45, 2.75) is 24.9 Å². The van der Waals surface area contributed by atoms with Gasteiger partial charge < -0.3 is 21.3 Å². The number of imide groups is 1. The number of carbonyl (C=O) groups excluding carboxylic acids is 2. The fourth-order valence-electron chi connectivity index (χ4n) is 1.88. The Morgan fingerprint density at radius 1 is 1.44 bits per heavy atom. The molecule has 102 valence electrons. The molecule has 8 heteroatoms. The number of amides is 2. The molecule has 1 heterocycles. The number of nitrogens with one attached hydrogen (secondary N) is 1. The summed E-state index contributed by atoms with van der Waals surface area (Å²) in [6, 6.07) is -2.18. The molecule has 0 radical (unpaired) electrons. The Labute approximate surface area is 104 Å². The Morgan fingerprint density at radius 2 is 2.11 bits per heavy atom. The van der Waals surface area contributed by atoms with Crippen molar-refractivity contribution in [3.05, 3.63) is 0 Å². The summed E-state index contributed by atoms with van der Waals surface area (Å²) in [7, 11) is 0. The van der Waals surface area contributed by atoms with Gasteiger partial charge in [-0.2, -0.15) is 0 Å². The molecular weight excluding hydrogens is 242 g/mol. The minimum Gasteiger partial charge on any atom is -0.480 e. The van der Waals surface area contributed by atoms with Crippen LogP contribution < -0.4 is 11.1 Å². The van der Waals surface area contributed by atoms with E-state index in [1.807, 2.05) is 0 Å². The van der Waals surface area contributed by atoms with Crippen LogP contribution in [0, 0.1) is 0 Å². The highest BCUT2D eigenvalue weighted by molar-refractivity contribution is 6.02. The lowest BCUT2D eigenvalue weighted by atomic mass is 10.1. The second kappa shape index (κ2) is 6.43. The zero-order chi connectivity index (χ0) is 13.7. The monoisotopic (exact) mass is 259 g/mol. The Kier molecular flexibility index (Phi) is 5.20. The van der Waals surface area contributed by atoms with Crippen molar-refractivity contribution >= 4 is 17.8 Å². The average molecular weight is 259 g/mol. The molecule has 2 atom stereocenters. The van der Waals surface area contributed by atoms with Gasteiger partial charge >= 0.3 is 5.97 Å². The number of carboxylic acids is 1. The summed E-state index contributed by atoms with van der Waals surface area (Å²) < 4.78 is 0. The second-order valence-corrected chi connectivity index (χ2v) is 3.99. The van der Waals surface area contributed by atoms with Crippen molar-refractivity contribution in [1.29, 1.82) is 0 Å². The molecule has 1 aliphatic heterocycles. The number of hydrogen-bond acceptors (Lipinski definition) is 6. The third kappa shape index (κ3) is 3.03. The van der Waals surface area contributed by atoms with Gasteiger partial charge in [-0.3, -0.25) is 14.5 Å². The molecule has 0 aromatic rings. The van der Waals surface area contributed by atoms with Crippen LogP contribution in [-0.2, 0) is 14.4 Å². The van der Waals surface area contributed by atoms with Gasteiger partial charge in [0.05, 0.1) is 19.2 Å². The van der Waals surface area contributed by atoms with Crippen LogP contribution in [0.15, 0.2) is 0 Å². The minimum absolute atomic E-state index is 0.484.